The Hall–Kier alpha value is -0.350. The predicted octanol–water partition coefficient (Wildman–Crippen LogP) is 1.63. The molecular formula is C10H22N2OS. The molecule has 0 amide bonds. The van der Waals surface area contributed by atoms with Gasteiger partial charge in [-0.3, -0.25) is 0 Å². The van der Waals surface area contributed by atoms with Gasteiger partial charge in [0.1, 0.15) is 0 Å². The lowest BCUT2D eigenvalue weighted by molar-refractivity contribution is 0.0724. The molecule has 0 rings (SSSR count). The minimum atomic E-state index is 0.292. The van der Waals surface area contributed by atoms with Crippen LogP contribution in [-0.2, 0) is 4.74 Å². The summed E-state index contributed by atoms with van der Waals surface area (Å²) in [4.78, 5) is 2.01. The number of thiocarbonyl (C=S) groups is 1. The third kappa shape index (κ3) is 7.09. The van der Waals surface area contributed by atoms with E-state index < -0.39 is 0 Å². The molecule has 0 aliphatic carbocycles. The van der Waals surface area contributed by atoms with Crippen molar-refractivity contribution in [2.75, 3.05) is 26.7 Å². The maximum atomic E-state index is 5.44. The minimum Gasteiger partial charge on any atom is -0.377 e. The predicted molar refractivity (Wildman–Crippen MR) is 64.6 cm³/mol. The second kappa shape index (κ2) is 8.00. The van der Waals surface area contributed by atoms with Gasteiger partial charge in [-0.1, -0.05) is 6.92 Å². The van der Waals surface area contributed by atoms with E-state index in [9.17, 15) is 0 Å². The van der Waals surface area contributed by atoms with Crippen LogP contribution in [0.4, 0.5) is 0 Å². The summed E-state index contributed by atoms with van der Waals surface area (Å²) >= 11 is 5.18. The zero-order valence-electron chi connectivity index (χ0n) is 9.67. The highest BCUT2D eigenvalue weighted by Gasteiger charge is 2.02. The first-order chi connectivity index (χ1) is 6.57. The summed E-state index contributed by atoms with van der Waals surface area (Å²) in [5.74, 6) is 0. The number of nitrogens with zero attached hydrogens (tertiary/aromatic N) is 1. The van der Waals surface area contributed by atoms with Crippen LogP contribution in [0.25, 0.3) is 0 Å². The van der Waals surface area contributed by atoms with Crippen molar-refractivity contribution >= 4 is 17.3 Å². The quantitative estimate of drug-likeness (QED) is 0.685. The summed E-state index contributed by atoms with van der Waals surface area (Å²) in [5, 5.41) is 3.98. The van der Waals surface area contributed by atoms with Crippen LogP contribution < -0.4 is 5.32 Å². The van der Waals surface area contributed by atoms with E-state index in [1.165, 1.54) is 0 Å². The van der Waals surface area contributed by atoms with Gasteiger partial charge < -0.3 is 15.0 Å². The molecule has 0 atom stereocenters. The van der Waals surface area contributed by atoms with Gasteiger partial charge in [0.25, 0.3) is 0 Å². The van der Waals surface area contributed by atoms with E-state index in [2.05, 4.69) is 12.2 Å². The smallest absolute Gasteiger partial charge is 0.168 e. The van der Waals surface area contributed by atoms with E-state index in [4.69, 9.17) is 17.0 Å². The molecule has 0 spiro atoms. The Kier molecular flexibility index (Phi) is 7.80. The Morgan fingerprint density at radius 2 is 2.14 bits per heavy atom. The van der Waals surface area contributed by atoms with Gasteiger partial charge in [-0.25, -0.2) is 0 Å². The molecule has 0 saturated carbocycles. The first-order valence-electron chi connectivity index (χ1n) is 5.18. The van der Waals surface area contributed by atoms with E-state index >= 15 is 0 Å². The van der Waals surface area contributed by atoms with Crippen molar-refractivity contribution in [1.82, 2.24) is 10.2 Å². The first-order valence-corrected chi connectivity index (χ1v) is 5.59. The monoisotopic (exact) mass is 218 g/mol. The molecule has 0 aromatic rings. The standard InChI is InChI=1S/C10H22N2OS/c1-5-6-11-10(14)12(4)7-8-13-9(2)3/h9H,5-8H2,1-4H3,(H,11,14). The fraction of sp³-hybridized carbons (Fsp3) is 0.900. The van der Waals surface area contributed by atoms with Crippen molar-refractivity contribution in [3.63, 3.8) is 0 Å². The van der Waals surface area contributed by atoms with Gasteiger partial charge in [0.05, 0.1) is 12.7 Å². The maximum absolute atomic E-state index is 5.44. The van der Waals surface area contributed by atoms with E-state index in [0.29, 0.717) is 6.10 Å². The molecule has 84 valence electrons. The van der Waals surface area contributed by atoms with Crippen LogP contribution in [0.3, 0.4) is 0 Å². The normalized spacial score (nSPS) is 10.4. The zero-order valence-corrected chi connectivity index (χ0v) is 10.5. The molecule has 3 nitrogen and oxygen atoms in total. The number of rotatable bonds is 6. The molecule has 0 bridgehead atoms. The Labute approximate surface area is 92.8 Å². The van der Waals surface area contributed by atoms with Crippen molar-refractivity contribution in [2.45, 2.75) is 33.3 Å². The van der Waals surface area contributed by atoms with E-state index in [-0.39, 0.29) is 0 Å². The second-order valence-corrected chi connectivity index (χ2v) is 3.96. The molecule has 0 aliphatic heterocycles. The average molecular weight is 218 g/mol. The highest BCUT2D eigenvalue weighted by atomic mass is 32.1. The van der Waals surface area contributed by atoms with Crippen molar-refractivity contribution in [1.29, 1.82) is 0 Å². The van der Waals surface area contributed by atoms with Gasteiger partial charge in [-0.2, -0.15) is 0 Å². The van der Waals surface area contributed by atoms with Gasteiger partial charge in [-0.05, 0) is 32.5 Å². The number of hydrogen-bond donors (Lipinski definition) is 1. The summed E-state index contributed by atoms with van der Waals surface area (Å²) in [6.07, 6.45) is 1.39. The van der Waals surface area contributed by atoms with Gasteiger partial charge in [0, 0.05) is 20.1 Å². The van der Waals surface area contributed by atoms with Crippen LogP contribution in [0, 0.1) is 0 Å². The summed E-state index contributed by atoms with van der Waals surface area (Å²) in [6.45, 7) is 8.70. The second-order valence-electron chi connectivity index (χ2n) is 3.57. The Morgan fingerprint density at radius 1 is 1.50 bits per heavy atom. The number of ether oxygens (including phenoxy) is 1. The third-order valence-corrected chi connectivity index (χ3v) is 2.21. The summed E-state index contributed by atoms with van der Waals surface area (Å²) in [6, 6.07) is 0. The molecule has 1 N–H and O–H groups in total. The molecule has 0 fully saturated rings. The van der Waals surface area contributed by atoms with Crippen LogP contribution in [0.5, 0.6) is 0 Å². The largest absolute Gasteiger partial charge is 0.377 e. The maximum Gasteiger partial charge on any atom is 0.168 e. The SMILES string of the molecule is CCCNC(=S)N(C)CCOC(C)C. The van der Waals surface area contributed by atoms with E-state index in [0.717, 1.165) is 31.2 Å². The van der Waals surface area contributed by atoms with Crippen molar-refractivity contribution < 1.29 is 4.74 Å². The highest BCUT2D eigenvalue weighted by Crippen LogP contribution is 1.90. The van der Waals surface area contributed by atoms with E-state index in [1.54, 1.807) is 0 Å². The number of hydrogen-bond acceptors (Lipinski definition) is 2. The van der Waals surface area contributed by atoms with Gasteiger partial charge in [0.15, 0.2) is 5.11 Å². The molecule has 0 aromatic carbocycles. The topological polar surface area (TPSA) is 24.5 Å². The fourth-order valence-corrected chi connectivity index (χ4v) is 1.09. The zero-order chi connectivity index (χ0) is 11.0. The first kappa shape index (κ1) is 13.7. The van der Waals surface area contributed by atoms with Gasteiger partial charge >= 0.3 is 0 Å². The number of nitrogens with one attached hydrogen (secondary N) is 1. The van der Waals surface area contributed by atoms with Crippen molar-refractivity contribution in [2.24, 2.45) is 0 Å². The molecule has 0 saturated heterocycles. The van der Waals surface area contributed by atoms with Gasteiger partial charge in [-0.15, -0.1) is 0 Å². The molecule has 0 radical (unpaired) electrons. The molecule has 0 aliphatic rings. The Balaban J connectivity index is 3.51. The summed E-state index contributed by atoms with van der Waals surface area (Å²) in [5.41, 5.74) is 0. The molecule has 4 heteroatoms. The number of likely N-dealkylation sites (N-methyl/N-ethyl adjacent to an activating group) is 1. The average Bonchev–Trinajstić information content (AvgIpc) is 2.13. The molecule has 0 heterocycles. The highest BCUT2D eigenvalue weighted by molar-refractivity contribution is 7.80. The molecule has 14 heavy (non-hydrogen) atoms. The summed E-state index contributed by atoms with van der Waals surface area (Å²) < 4.78 is 5.44. The van der Waals surface area contributed by atoms with Crippen LogP contribution in [0.15, 0.2) is 0 Å². The van der Waals surface area contributed by atoms with Crippen molar-refractivity contribution in [3.05, 3.63) is 0 Å². The van der Waals surface area contributed by atoms with Crippen LogP contribution in [0.1, 0.15) is 27.2 Å². The lowest BCUT2D eigenvalue weighted by Gasteiger charge is -2.21. The van der Waals surface area contributed by atoms with Crippen LogP contribution in [0.2, 0.25) is 0 Å². The lowest BCUT2D eigenvalue weighted by Crippen LogP contribution is -2.39. The third-order valence-electron chi connectivity index (χ3n) is 1.75. The molecule has 0 unspecified atom stereocenters. The molecule has 0 aromatic heterocycles. The van der Waals surface area contributed by atoms with Gasteiger partial charge in [0.2, 0.25) is 0 Å². The van der Waals surface area contributed by atoms with Crippen LogP contribution >= 0.6 is 12.2 Å². The Bertz CT molecular complexity index is 162. The molecular weight excluding hydrogens is 196 g/mol. The Morgan fingerprint density at radius 3 is 2.64 bits per heavy atom. The minimum absolute atomic E-state index is 0.292. The lowest BCUT2D eigenvalue weighted by atomic mass is 10.5. The fourth-order valence-electron chi connectivity index (χ4n) is 0.894. The van der Waals surface area contributed by atoms with Crippen molar-refractivity contribution in [3.8, 4) is 0 Å². The van der Waals surface area contributed by atoms with Crippen LogP contribution in [-0.4, -0.2) is 42.9 Å². The van der Waals surface area contributed by atoms with E-state index in [1.807, 2.05) is 25.8 Å². The summed E-state index contributed by atoms with van der Waals surface area (Å²) in [7, 11) is 1.98.